The third-order valence-electron chi connectivity index (χ3n) is 4.48. The van der Waals surface area contributed by atoms with Gasteiger partial charge in [0.15, 0.2) is 0 Å². The molecule has 1 amide bonds. The summed E-state index contributed by atoms with van der Waals surface area (Å²) in [5, 5.41) is 2.77. The molecular formula is C19H22N2O4S. The maximum atomic E-state index is 12.7. The summed E-state index contributed by atoms with van der Waals surface area (Å²) in [5.74, 6) is 0.0863. The summed E-state index contributed by atoms with van der Waals surface area (Å²) in [6.07, 6.45) is 1.71. The molecule has 2 N–H and O–H groups in total. The summed E-state index contributed by atoms with van der Waals surface area (Å²) in [5.41, 5.74) is 2.74. The van der Waals surface area contributed by atoms with Gasteiger partial charge < -0.3 is 10.1 Å². The Morgan fingerprint density at radius 3 is 2.54 bits per heavy atom. The minimum atomic E-state index is -3.62. The summed E-state index contributed by atoms with van der Waals surface area (Å²) in [6, 6.07) is 9.93. The molecule has 26 heavy (non-hydrogen) atoms. The number of hydrogen-bond acceptors (Lipinski definition) is 4. The van der Waals surface area contributed by atoms with Crippen molar-refractivity contribution in [2.24, 2.45) is 0 Å². The average Bonchev–Trinajstić information content (AvgIpc) is 3.40. The first-order chi connectivity index (χ1) is 12.3. The Kier molecular flexibility index (Phi) is 5.02. The molecule has 0 saturated heterocycles. The van der Waals surface area contributed by atoms with Gasteiger partial charge >= 0.3 is 0 Å². The fraction of sp³-hybridized carbons (Fsp3) is 0.316. The first-order valence-electron chi connectivity index (χ1n) is 8.40. The zero-order valence-electron chi connectivity index (χ0n) is 15.0. The Morgan fingerprint density at radius 1 is 1.15 bits per heavy atom. The van der Waals surface area contributed by atoms with E-state index in [4.69, 9.17) is 4.74 Å². The molecule has 7 heteroatoms. The van der Waals surface area contributed by atoms with E-state index in [9.17, 15) is 13.2 Å². The van der Waals surface area contributed by atoms with Crippen LogP contribution in [0.4, 0.5) is 5.69 Å². The summed E-state index contributed by atoms with van der Waals surface area (Å²) in [6.45, 7) is 3.81. The van der Waals surface area contributed by atoms with E-state index in [-0.39, 0.29) is 16.8 Å². The number of rotatable bonds is 6. The third kappa shape index (κ3) is 3.89. The van der Waals surface area contributed by atoms with Crippen molar-refractivity contribution in [2.45, 2.75) is 37.6 Å². The van der Waals surface area contributed by atoms with E-state index in [0.717, 1.165) is 24.0 Å². The molecule has 0 bridgehead atoms. The van der Waals surface area contributed by atoms with Crippen LogP contribution in [-0.2, 0) is 10.0 Å². The number of hydrogen-bond donors (Lipinski definition) is 2. The Bertz CT molecular complexity index is 950. The van der Waals surface area contributed by atoms with Crippen LogP contribution in [0.15, 0.2) is 41.3 Å². The molecule has 0 atom stereocenters. The SMILES string of the molecule is COc1ccc(S(=O)(=O)NC2CC2)cc1NC(=O)c1cccc(C)c1C. The van der Waals surface area contributed by atoms with Gasteiger partial charge in [0, 0.05) is 11.6 Å². The topological polar surface area (TPSA) is 84.5 Å². The van der Waals surface area contributed by atoms with Crippen LogP contribution in [0.25, 0.3) is 0 Å². The van der Waals surface area contributed by atoms with Crippen molar-refractivity contribution in [2.75, 3.05) is 12.4 Å². The number of nitrogens with one attached hydrogen (secondary N) is 2. The summed E-state index contributed by atoms with van der Waals surface area (Å²) in [7, 11) is -2.14. The van der Waals surface area contributed by atoms with Crippen LogP contribution in [0.1, 0.15) is 34.3 Å². The molecule has 0 radical (unpaired) electrons. The van der Waals surface area contributed by atoms with Crippen molar-refractivity contribution in [3.63, 3.8) is 0 Å². The molecule has 1 fully saturated rings. The second kappa shape index (κ2) is 7.09. The molecule has 0 spiro atoms. The lowest BCUT2D eigenvalue weighted by Gasteiger charge is -2.14. The van der Waals surface area contributed by atoms with Gasteiger partial charge in [0.1, 0.15) is 5.75 Å². The van der Waals surface area contributed by atoms with E-state index in [1.807, 2.05) is 26.0 Å². The fourth-order valence-corrected chi connectivity index (χ4v) is 3.96. The molecular weight excluding hydrogens is 352 g/mol. The van der Waals surface area contributed by atoms with Crippen molar-refractivity contribution in [3.8, 4) is 5.75 Å². The predicted octanol–water partition coefficient (Wildman–Crippen LogP) is 3.01. The van der Waals surface area contributed by atoms with Gasteiger partial charge in [-0.15, -0.1) is 0 Å². The van der Waals surface area contributed by atoms with E-state index in [1.165, 1.54) is 19.2 Å². The van der Waals surface area contributed by atoms with Crippen molar-refractivity contribution < 1.29 is 17.9 Å². The maximum absolute atomic E-state index is 12.7. The molecule has 0 heterocycles. The fourth-order valence-electron chi connectivity index (χ4n) is 2.63. The smallest absolute Gasteiger partial charge is 0.256 e. The first kappa shape index (κ1) is 18.4. The van der Waals surface area contributed by atoms with Crippen molar-refractivity contribution in [1.29, 1.82) is 0 Å². The van der Waals surface area contributed by atoms with Gasteiger partial charge in [-0.3, -0.25) is 4.79 Å². The van der Waals surface area contributed by atoms with Gasteiger partial charge in [-0.25, -0.2) is 13.1 Å². The van der Waals surface area contributed by atoms with E-state index in [0.29, 0.717) is 17.0 Å². The minimum Gasteiger partial charge on any atom is -0.495 e. The third-order valence-corrected chi connectivity index (χ3v) is 6.00. The largest absolute Gasteiger partial charge is 0.495 e. The number of aryl methyl sites for hydroxylation is 1. The molecule has 3 rings (SSSR count). The predicted molar refractivity (Wildman–Crippen MR) is 100 cm³/mol. The van der Waals surface area contributed by atoms with E-state index in [2.05, 4.69) is 10.0 Å². The lowest BCUT2D eigenvalue weighted by Crippen LogP contribution is -2.26. The van der Waals surface area contributed by atoms with Gasteiger partial charge in [0.05, 0.1) is 17.7 Å². The van der Waals surface area contributed by atoms with Gasteiger partial charge in [0.2, 0.25) is 10.0 Å². The van der Waals surface area contributed by atoms with Gasteiger partial charge in [-0.1, -0.05) is 12.1 Å². The van der Waals surface area contributed by atoms with Crippen LogP contribution < -0.4 is 14.8 Å². The van der Waals surface area contributed by atoms with Crippen LogP contribution in [0.5, 0.6) is 5.75 Å². The highest BCUT2D eigenvalue weighted by Gasteiger charge is 2.28. The minimum absolute atomic E-state index is 0.00934. The standard InChI is InChI=1S/C19H22N2O4S/c1-12-5-4-6-16(13(12)2)19(22)20-17-11-15(9-10-18(17)25-3)26(23,24)21-14-7-8-14/h4-6,9-11,14,21H,7-8H2,1-3H3,(H,20,22). The van der Waals surface area contributed by atoms with Crippen LogP contribution >= 0.6 is 0 Å². The monoisotopic (exact) mass is 374 g/mol. The highest BCUT2D eigenvalue weighted by molar-refractivity contribution is 7.89. The Labute approximate surface area is 153 Å². The number of ether oxygens (including phenoxy) is 1. The van der Waals surface area contributed by atoms with Gasteiger partial charge in [0.25, 0.3) is 5.91 Å². The lowest BCUT2D eigenvalue weighted by molar-refractivity contribution is 0.102. The Morgan fingerprint density at radius 2 is 1.88 bits per heavy atom. The quantitative estimate of drug-likeness (QED) is 0.814. The number of anilines is 1. The zero-order valence-corrected chi connectivity index (χ0v) is 15.8. The number of carbonyl (C=O) groups is 1. The van der Waals surface area contributed by atoms with Crippen LogP contribution in [0.2, 0.25) is 0 Å². The summed E-state index contributed by atoms with van der Waals surface area (Å²) < 4.78 is 32.7. The Balaban J connectivity index is 1.91. The molecule has 0 unspecified atom stereocenters. The highest BCUT2D eigenvalue weighted by atomic mass is 32.2. The van der Waals surface area contributed by atoms with Crippen molar-refractivity contribution >= 4 is 21.6 Å². The number of sulfonamides is 1. The van der Waals surface area contributed by atoms with Crippen molar-refractivity contribution in [1.82, 2.24) is 4.72 Å². The van der Waals surface area contributed by atoms with Crippen LogP contribution in [-0.4, -0.2) is 27.5 Å². The molecule has 2 aromatic carbocycles. The molecule has 1 aliphatic rings. The summed E-state index contributed by atoms with van der Waals surface area (Å²) in [4.78, 5) is 12.8. The maximum Gasteiger partial charge on any atom is 0.256 e. The van der Waals surface area contributed by atoms with Gasteiger partial charge in [-0.05, 0) is 62.1 Å². The lowest BCUT2D eigenvalue weighted by atomic mass is 10.0. The van der Waals surface area contributed by atoms with Crippen molar-refractivity contribution in [3.05, 3.63) is 53.1 Å². The van der Waals surface area contributed by atoms with E-state index >= 15 is 0 Å². The highest BCUT2D eigenvalue weighted by Crippen LogP contribution is 2.30. The second-order valence-electron chi connectivity index (χ2n) is 6.46. The molecule has 0 aliphatic heterocycles. The van der Waals surface area contributed by atoms with E-state index in [1.54, 1.807) is 12.1 Å². The molecule has 138 valence electrons. The molecule has 6 nitrogen and oxygen atoms in total. The second-order valence-corrected chi connectivity index (χ2v) is 8.17. The summed E-state index contributed by atoms with van der Waals surface area (Å²) >= 11 is 0. The van der Waals surface area contributed by atoms with Crippen LogP contribution in [0, 0.1) is 13.8 Å². The number of benzene rings is 2. The first-order valence-corrected chi connectivity index (χ1v) is 9.88. The zero-order chi connectivity index (χ0) is 18.9. The average molecular weight is 374 g/mol. The molecule has 1 saturated carbocycles. The Hall–Kier alpha value is -2.38. The van der Waals surface area contributed by atoms with E-state index < -0.39 is 10.0 Å². The molecule has 0 aromatic heterocycles. The number of methoxy groups -OCH3 is 1. The molecule has 2 aromatic rings. The number of amides is 1. The van der Waals surface area contributed by atoms with Crippen LogP contribution in [0.3, 0.4) is 0 Å². The molecule has 1 aliphatic carbocycles. The van der Waals surface area contributed by atoms with Gasteiger partial charge in [-0.2, -0.15) is 0 Å². The normalized spacial score (nSPS) is 14.1. The number of carbonyl (C=O) groups excluding carboxylic acids is 1.